The highest BCUT2D eigenvalue weighted by Crippen LogP contribution is 2.38. The number of fused-ring (bicyclic) bond motifs is 2. The van der Waals surface area contributed by atoms with Gasteiger partial charge in [-0.1, -0.05) is 11.6 Å². The molecule has 35 heavy (non-hydrogen) atoms. The van der Waals surface area contributed by atoms with E-state index in [0.29, 0.717) is 17.3 Å². The number of nitrogens with zero attached hydrogens (tertiary/aromatic N) is 4. The van der Waals surface area contributed by atoms with Crippen LogP contribution in [0.5, 0.6) is 5.75 Å². The van der Waals surface area contributed by atoms with Crippen molar-refractivity contribution in [1.29, 1.82) is 5.41 Å². The zero-order chi connectivity index (χ0) is 24.7. The molecule has 3 aliphatic rings. The summed E-state index contributed by atoms with van der Waals surface area (Å²) in [6.07, 6.45) is 3.43. The number of aliphatic hydroxyl groups excluding tert-OH is 1. The fourth-order valence-electron chi connectivity index (χ4n) is 5.51. The second kappa shape index (κ2) is 9.75. The average Bonchev–Trinajstić information content (AvgIpc) is 3.37. The summed E-state index contributed by atoms with van der Waals surface area (Å²) in [4.78, 5) is 25.2. The van der Waals surface area contributed by atoms with E-state index in [-0.39, 0.29) is 48.7 Å². The van der Waals surface area contributed by atoms with E-state index in [2.05, 4.69) is 9.97 Å². The number of alkyl halides is 1. The van der Waals surface area contributed by atoms with Gasteiger partial charge in [-0.3, -0.25) is 9.69 Å². The number of carbonyl (C=O) groups excluding carboxylic acids is 1. The van der Waals surface area contributed by atoms with Crippen molar-refractivity contribution < 1.29 is 23.4 Å². The van der Waals surface area contributed by atoms with Crippen LogP contribution in [0.1, 0.15) is 41.4 Å². The minimum Gasteiger partial charge on any atom is -0.487 e. The Labute approximate surface area is 206 Å². The first-order valence-corrected chi connectivity index (χ1v) is 12.0. The summed E-state index contributed by atoms with van der Waals surface area (Å²) in [7, 11) is 0. The van der Waals surface area contributed by atoms with E-state index in [9.17, 15) is 18.7 Å². The number of hydrogen-bond acceptors (Lipinski definition) is 7. The van der Waals surface area contributed by atoms with Gasteiger partial charge >= 0.3 is 0 Å². The maximum Gasteiger partial charge on any atom is 0.257 e. The highest BCUT2D eigenvalue weighted by Gasteiger charge is 2.47. The van der Waals surface area contributed by atoms with Crippen molar-refractivity contribution >= 4 is 23.2 Å². The fourth-order valence-corrected chi connectivity index (χ4v) is 5.61. The lowest BCUT2D eigenvalue weighted by Gasteiger charge is -2.42. The Kier molecular flexibility index (Phi) is 6.69. The minimum atomic E-state index is -0.877. The van der Waals surface area contributed by atoms with Gasteiger partial charge in [0, 0.05) is 55.8 Å². The first-order valence-electron chi connectivity index (χ1n) is 11.7. The number of hydrogen-bond donors (Lipinski definition) is 2. The molecule has 0 aliphatic carbocycles. The number of likely N-dealkylation sites (tertiary alicyclic amines) is 1. The first kappa shape index (κ1) is 24.0. The predicted molar refractivity (Wildman–Crippen MR) is 124 cm³/mol. The molecule has 0 radical (unpaired) electrons. The molecule has 186 valence electrons. The number of ether oxygens (including phenoxy) is 1. The van der Waals surface area contributed by atoms with E-state index >= 15 is 0 Å². The highest BCUT2D eigenvalue weighted by atomic mass is 35.5. The standard InChI is InChI=1S/C24H26ClF2N5O3/c25-13-9-29-23(30-10-13)17-11-31(12-18(17)28)24(34)16-3-1-14(27)7-20(16)35-21-8-15-2-4-19(22(21)33)32(15)6-5-26/h1,3,7,9-10,15,17,19,21-22,28,33H,2,4-6,8,11-12H2. The van der Waals surface area contributed by atoms with Crippen LogP contribution in [0.3, 0.4) is 0 Å². The molecule has 2 N–H and O–H groups in total. The predicted octanol–water partition coefficient (Wildman–Crippen LogP) is 2.84. The topological polar surface area (TPSA) is 103 Å². The Morgan fingerprint density at radius 2 is 2.06 bits per heavy atom. The van der Waals surface area contributed by atoms with Crippen molar-refractivity contribution in [2.45, 2.75) is 49.5 Å². The second-order valence-electron chi connectivity index (χ2n) is 9.27. The molecule has 5 rings (SSSR count). The van der Waals surface area contributed by atoms with Gasteiger partial charge in [-0.25, -0.2) is 18.7 Å². The van der Waals surface area contributed by atoms with Crippen LogP contribution in [0.25, 0.3) is 0 Å². The van der Waals surface area contributed by atoms with E-state index in [1.165, 1.54) is 29.4 Å². The Bertz CT molecular complexity index is 1120. The Hall–Kier alpha value is -2.69. The summed E-state index contributed by atoms with van der Waals surface area (Å²) >= 11 is 5.86. The number of benzene rings is 1. The van der Waals surface area contributed by atoms with Crippen molar-refractivity contribution in [3.63, 3.8) is 0 Å². The summed E-state index contributed by atoms with van der Waals surface area (Å²) in [6.45, 7) is 0.0636. The summed E-state index contributed by atoms with van der Waals surface area (Å²) in [5.41, 5.74) is 0.445. The third-order valence-electron chi connectivity index (χ3n) is 7.19. The lowest BCUT2D eigenvalue weighted by atomic mass is 9.96. The Morgan fingerprint density at radius 3 is 2.80 bits per heavy atom. The zero-order valence-electron chi connectivity index (χ0n) is 18.9. The molecule has 5 atom stereocenters. The van der Waals surface area contributed by atoms with Crippen molar-refractivity contribution in [3.8, 4) is 5.75 Å². The molecule has 0 saturated carbocycles. The van der Waals surface area contributed by atoms with Gasteiger partial charge in [-0.05, 0) is 25.0 Å². The second-order valence-corrected chi connectivity index (χ2v) is 9.71. The molecule has 1 aromatic heterocycles. The maximum atomic E-state index is 14.2. The monoisotopic (exact) mass is 505 g/mol. The van der Waals surface area contributed by atoms with Crippen LogP contribution in [0, 0.1) is 11.2 Å². The molecule has 2 aromatic rings. The van der Waals surface area contributed by atoms with Crippen LogP contribution in [-0.4, -0.2) is 87.1 Å². The number of carbonyl (C=O) groups is 1. The van der Waals surface area contributed by atoms with E-state index in [1.54, 1.807) is 0 Å². The molecular weight excluding hydrogens is 480 g/mol. The van der Waals surface area contributed by atoms with Crippen LogP contribution in [0.4, 0.5) is 8.78 Å². The van der Waals surface area contributed by atoms with Gasteiger partial charge in [-0.15, -0.1) is 0 Å². The molecule has 8 nitrogen and oxygen atoms in total. The minimum absolute atomic E-state index is 0.0510. The van der Waals surface area contributed by atoms with Crippen LogP contribution < -0.4 is 4.74 Å². The fraction of sp³-hybridized carbons (Fsp3) is 0.500. The number of halogens is 3. The summed E-state index contributed by atoms with van der Waals surface area (Å²) in [6, 6.07) is 3.56. The van der Waals surface area contributed by atoms with Gasteiger partial charge in [0.1, 0.15) is 36.3 Å². The van der Waals surface area contributed by atoms with E-state index in [4.69, 9.17) is 21.7 Å². The van der Waals surface area contributed by atoms with Crippen molar-refractivity contribution in [2.75, 3.05) is 26.3 Å². The quantitative estimate of drug-likeness (QED) is 0.626. The molecule has 3 aliphatic heterocycles. The first-order chi connectivity index (χ1) is 16.9. The number of aliphatic hydroxyl groups is 1. The van der Waals surface area contributed by atoms with Gasteiger partial charge in [0.25, 0.3) is 5.91 Å². The van der Waals surface area contributed by atoms with Gasteiger partial charge in [0.2, 0.25) is 0 Å². The summed E-state index contributed by atoms with van der Waals surface area (Å²) in [5, 5.41) is 19.6. The number of piperidine rings is 1. The van der Waals surface area contributed by atoms with Crippen molar-refractivity contribution in [2.24, 2.45) is 0 Å². The summed E-state index contributed by atoms with van der Waals surface area (Å²) < 4.78 is 33.2. The van der Waals surface area contributed by atoms with Crippen LogP contribution >= 0.6 is 11.6 Å². The molecule has 5 unspecified atom stereocenters. The van der Waals surface area contributed by atoms with Crippen molar-refractivity contribution in [1.82, 2.24) is 19.8 Å². The van der Waals surface area contributed by atoms with E-state index in [1.807, 2.05) is 4.90 Å². The van der Waals surface area contributed by atoms with Crippen LogP contribution in [-0.2, 0) is 0 Å². The molecule has 3 saturated heterocycles. The molecule has 3 fully saturated rings. The summed E-state index contributed by atoms with van der Waals surface area (Å²) in [5.74, 6) is -0.976. The van der Waals surface area contributed by atoms with E-state index in [0.717, 1.165) is 18.9 Å². The lowest BCUT2D eigenvalue weighted by Crippen LogP contribution is -2.56. The molecule has 0 spiro atoms. The Balaban J connectivity index is 1.34. The molecule has 11 heteroatoms. The van der Waals surface area contributed by atoms with Crippen LogP contribution in [0.2, 0.25) is 5.02 Å². The third-order valence-corrected chi connectivity index (χ3v) is 7.38. The maximum absolute atomic E-state index is 14.2. The van der Waals surface area contributed by atoms with Gasteiger partial charge in [0.05, 0.1) is 23.0 Å². The normalized spacial score (nSPS) is 28.5. The molecule has 2 bridgehead atoms. The number of aromatic nitrogens is 2. The van der Waals surface area contributed by atoms with Crippen molar-refractivity contribution in [3.05, 3.63) is 52.8 Å². The Morgan fingerprint density at radius 1 is 1.29 bits per heavy atom. The average molecular weight is 506 g/mol. The van der Waals surface area contributed by atoms with Gasteiger partial charge in [-0.2, -0.15) is 0 Å². The smallest absolute Gasteiger partial charge is 0.257 e. The highest BCUT2D eigenvalue weighted by molar-refractivity contribution is 6.30. The third kappa shape index (κ3) is 4.62. The number of nitrogens with one attached hydrogen (secondary N) is 1. The molecule has 1 amide bonds. The van der Waals surface area contributed by atoms with Crippen LogP contribution in [0.15, 0.2) is 30.6 Å². The zero-order valence-corrected chi connectivity index (χ0v) is 19.7. The lowest BCUT2D eigenvalue weighted by molar-refractivity contribution is -0.0654. The SMILES string of the molecule is N=C1CN(C(=O)c2ccc(F)cc2OC2CC3CCC(C2O)N3CCF)CC1c1ncc(Cl)cn1. The van der Waals surface area contributed by atoms with E-state index < -0.39 is 36.5 Å². The molecule has 1 aromatic carbocycles. The van der Waals surface area contributed by atoms with Gasteiger partial charge in [0.15, 0.2) is 0 Å². The number of amides is 1. The van der Waals surface area contributed by atoms with Gasteiger partial charge < -0.3 is 20.2 Å². The molecular formula is C24H26ClF2N5O3. The molecule has 4 heterocycles. The number of rotatable bonds is 6. The largest absolute Gasteiger partial charge is 0.487 e.